The van der Waals surface area contributed by atoms with Gasteiger partial charge in [0.15, 0.2) is 0 Å². The summed E-state index contributed by atoms with van der Waals surface area (Å²) in [6, 6.07) is 4.98. The lowest BCUT2D eigenvalue weighted by atomic mass is 10.1. The Hall–Kier alpha value is -0.890. The Kier molecular flexibility index (Phi) is 3.02. The minimum atomic E-state index is -0.144. The first kappa shape index (κ1) is 11.6. The summed E-state index contributed by atoms with van der Waals surface area (Å²) in [7, 11) is 0. The molecule has 2 rings (SSSR count). The highest BCUT2D eigenvalue weighted by Gasteiger charge is 2.44. The van der Waals surface area contributed by atoms with Crippen LogP contribution in [0.25, 0.3) is 0 Å². The van der Waals surface area contributed by atoms with E-state index >= 15 is 0 Å². The van der Waals surface area contributed by atoms with E-state index in [-0.39, 0.29) is 5.82 Å². The van der Waals surface area contributed by atoms with E-state index in [0.717, 1.165) is 30.1 Å². The molecule has 16 heavy (non-hydrogen) atoms. The van der Waals surface area contributed by atoms with E-state index in [0.29, 0.717) is 5.41 Å². The van der Waals surface area contributed by atoms with Gasteiger partial charge in [-0.2, -0.15) is 0 Å². The Morgan fingerprint density at radius 2 is 2.12 bits per heavy atom. The molecule has 1 aromatic rings. The standard InChI is InChI=1S/C14H20FN/c1-10-4-5-13(15)6-11(10)8-16-9-12-7-14(12,2)3/h4-6,12,16H,7-9H2,1-3H3. The number of rotatable bonds is 4. The molecule has 1 fully saturated rings. The maximum Gasteiger partial charge on any atom is 0.123 e. The molecule has 0 radical (unpaired) electrons. The number of aryl methyl sites for hydroxylation is 1. The zero-order chi connectivity index (χ0) is 11.8. The van der Waals surface area contributed by atoms with Gasteiger partial charge in [0.25, 0.3) is 0 Å². The lowest BCUT2D eigenvalue weighted by Crippen LogP contribution is -2.18. The molecule has 0 aromatic heterocycles. The Labute approximate surface area is 97.1 Å². The van der Waals surface area contributed by atoms with Crippen molar-refractivity contribution < 1.29 is 4.39 Å². The third kappa shape index (κ3) is 2.62. The Morgan fingerprint density at radius 3 is 2.75 bits per heavy atom. The van der Waals surface area contributed by atoms with Gasteiger partial charge < -0.3 is 5.32 Å². The predicted octanol–water partition coefficient (Wildman–Crippen LogP) is 3.27. The number of benzene rings is 1. The third-order valence-electron chi connectivity index (χ3n) is 3.73. The van der Waals surface area contributed by atoms with Gasteiger partial charge in [0.2, 0.25) is 0 Å². The first-order chi connectivity index (χ1) is 7.49. The smallest absolute Gasteiger partial charge is 0.123 e. The SMILES string of the molecule is Cc1ccc(F)cc1CNCC1CC1(C)C. The fourth-order valence-corrected chi connectivity index (χ4v) is 2.14. The van der Waals surface area contributed by atoms with Crippen LogP contribution in [0.4, 0.5) is 4.39 Å². The van der Waals surface area contributed by atoms with E-state index in [1.54, 1.807) is 6.07 Å². The van der Waals surface area contributed by atoms with Crippen molar-refractivity contribution >= 4 is 0 Å². The quantitative estimate of drug-likeness (QED) is 0.822. The molecule has 0 amide bonds. The van der Waals surface area contributed by atoms with Gasteiger partial charge >= 0.3 is 0 Å². The molecule has 1 aliphatic carbocycles. The second kappa shape index (κ2) is 4.17. The lowest BCUT2D eigenvalue weighted by Gasteiger charge is -2.08. The topological polar surface area (TPSA) is 12.0 Å². The van der Waals surface area contributed by atoms with Crippen molar-refractivity contribution in [2.45, 2.75) is 33.7 Å². The number of hydrogen-bond donors (Lipinski definition) is 1. The highest BCUT2D eigenvalue weighted by molar-refractivity contribution is 5.26. The summed E-state index contributed by atoms with van der Waals surface area (Å²) in [5.41, 5.74) is 2.74. The maximum absolute atomic E-state index is 13.0. The molecule has 1 atom stereocenters. The normalized spacial score (nSPS) is 22.1. The molecular formula is C14H20FN. The van der Waals surface area contributed by atoms with Crippen LogP contribution >= 0.6 is 0 Å². The van der Waals surface area contributed by atoms with Gasteiger partial charge in [-0.15, -0.1) is 0 Å². The van der Waals surface area contributed by atoms with Crippen LogP contribution in [0.15, 0.2) is 18.2 Å². The number of hydrogen-bond acceptors (Lipinski definition) is 1. The highest BCUT2D eigenvalue weighted by Crippen LogP contribution is 2.50. The summed E-state index contributed by atoms with van der Waals surface area (Å²) >= 11 is 0. The molecule has 1 nitrogen and oxygen atoms in total. The second-order valence-corrected chi connectivity index (χ2v) is 5.59. The van der Waals surface area contributed by atoms with Gasteiger partial charge in [0.1, 0.15) is 5.82 Å². The van der Waals surface area contributed by atoms with Crippen molar-refractivity contribution in [2.24, 2.45) is 11.3 Å². The molecule has 0 heterocycles. The summed E-state index contributed by atoms with van der Waals surface area (Å²) in [5.74, 6) is 0.649. The maximum atomic E-state index is 13.0. The molecule has 1 aliphatic rings. The molecule has 1 N–H and O–H groups in total. The van der Waals surface area contributed by atoms with Crippen molar-refractivity contribution in [1.29, 1.82) is 0 Å². The van der Waals surface area contributed by atoms with Gasteiger partial charge in [-0.1, -0.05) is 19.9 Å². The van der Waals surface area contributed by atoms with Crippen molar-refractivity contribution in [3.8, 4) is 0 Å². The van der Waals surface area contributed by atoms with Gasteiger partial charge in [-0.3, -0.25) is 0 Å². The van der Waals surface area contributed by atoms with Crippen LogP contribution in [0.2, 0.25) is 0 Å². The number of halogens is 1. The molecule has 0 saturated heterocycles. The first-order valence-corrected chi connectivity index (χ1v) is 5.95. The summed E-state index contributed by atoms with van der Waals surface area (Å²) in [4.78, 5) is 0. The summed E-state index contributed by atoms with van der Waals surface area (Å²) in [5, 5.41) is 3.42. The van der Waals surface area contributed by atoms with Crippen LogP contribution in [0.3, 0.4) is 0 Å². The summed E-state index contributed by atoms with van der Waals surface area (Å²) in [6.45, 7) is 8.44. The van der Waals surface area contributed by atoms with Crippen LogP contribution in [0, 0.1) is 24.1 Å². The predicted molar refractivity (Wildman–Crippen MR) is 64.7 cm³/mol. The molecular weight excluding hydrogens is 201 g/mol. The Morgan fingerprint density at radius 1 is 1.44 bits per heavy atom. The fraction of sp³-hybridized carbons (Fsp3) is 0.571. The van der Waals surface area contributed by atoms with Crippen LogP contribution in [-0.2, 0) is 6.54 Å². The molecule has 1 aromatic carbocycles. The van der Waals surface area contributed by atoms with E-state index in [1.165, 1.54) is 12.5 Å². The zero-order valence-electron chi connectivity index (χ0n) is 10.3. The van der Waals surface area contributed by atoms with Crippen molar-refractivity contribution in [3.63, 3.8) is 0 Å². The van der Waals surface area contributed by atoms with E-state index in [4.69, 9.17) is 0 Å². The van der Waals surface area contributed by atoms with E-state index in [9.17, 15) is 4.39 Å². The van der Waals surface area contributed by atoms with Crippen LogP contribution in [0.5, 0.6) is 0 Å². The van der Waals surface area contributed by atoms with Crippen molar-refractivity contribution in [1.82, 2.24) is 5.32 Å². The van der Waals surface area contributed by atoms with Crippen LogP contribution < -0.4 is 5.32 Å². The Balaban J connectivity index is 1.83. The van der Waals surface area contributed by atoms with Gasteiger partial charge in [-0.25, -0.2) is 4.39 Å². The first-order valence-electron chi connectivity index (χ1n) is 5.95. The number of nitrogens with one attached hydrogen (secondary N) is 1. The van der Waals surface area contributed by atoms with Gasteiger partial charge in [-0.05, 0) is 54.5 Å². The average molecular weight is 221 g/mol. The molecule has 0 spiro atoms. The second-order valence-electron chi connectivity index (χ2n) is 5.59. The lowest BCUT2D eigenvalue weighted by molar-refractivity contribution is 0.518. The van der Waals surface area contributed by atoms with Crippen LogP contribution in [0.1, 0.15) is 31.4 Å². The molecule has 2 heteroatoms. The van der Waals surface area contributed by atoms with Crippen molar-refractivity contribution in [2.75, 3.05) is 6.54 Å². The summed E-state index contributed by atoms with van der Waals surface area (Å²) in [6.07, 6.45) is 1.31. The zero-order valence-corrected chi connectivity index (χ0v) is 10.3. The molecule has 1 saturated carbocycles. The fourth-order valence-electron chi connectivity index (χ4n) is 2.14. The van der Waals surface area contributed by atoms with Crippen LogP contribution in [-0.4, -0.2) is 6.54 Å². The Bertz CT molecular complexity index is 384. The van der Waals surface area contributed by atoms with Gasteiger partial charge in [0.05, 0.1) is 0 Å². The minimum Gasteiger partial charge on any atom is -0.312 e. The highest BCUT2D eigenvalue weighted by atomic mass is 19.1. The molecule has 88 valence electrons. The van der Waals surface area contributed by atoms with E-state index in [1.807, 2.05) is 13.0 Å². The van der Waals surface area contributed by atoms with Crippen molar-refractivity contribution in [3.05, 3.63) is 35.1 Å². The molecule has 0 bridgehead atoms. The van der Waals surface area contributed by atoms with E-state index in [2.05, 4.69) is 19.2 Å². The average Bonchev–Trinajstić information content (AvgIpc) is 2.80. The van der Waals surface area contributed by atoms with Gasteiger partial charge in [0, 0.05) is 6.54 Å². The molecule has 1 unspecified atom stereocenters. The summed E-state index contributed by atoms with van der Waals surface area (Å²) < 4.78 is 13.0. The minimum absolute atomic E-state index is 0.144. The third-order valence-corrected chi connectivity index (χ3v) is 3.73. The molecule has 0 aliphatic heterocycles. The largest absolute Gasteiger partial charge is 0.312 e. The van der Waals surface area contributed by atoms with E-state index < -0.39 is 0 Å². The monoisotopic (exact) mass is 221 g/mol.